The highest BCUT2D eigenvalue weighted by Crippen LogP contribution is 2.28. The van der Waals surface area contributed by atoms with Gasteiger partial charge in [0.2, 0.25) is 0 Å². The maximum absolute atomic E-state index is 12.0. The van der Waals surface area contributed by atoms with Crippen LogP contribution in [0.5, 0.6) is 0 Å². The van der Waals surface area contributed by atoms with Gasteiger partial charge in [-0.25, -0.2) is 0 Å². The van der Waals surface area contributed by atoms with Crippen molar-refractivity contribution >= 4 is 5.78 Å². The fourth-order valence-electron chi connectivity index (χ4n) is 4.87. The molecular formula is C27H52O. The van der Waals surface area contributed by atoms with Crippen molar-refractivity contribution in [1.29, 1.82) is 0 Å². The average Bonchev–Trinajstić information content (AvgIpc) is 2.72. The zero-order valence-electron chi connectivity index (χ0n) is 19.5. The lowest BCUT2D eigenvalue weighted by atomic mass is 9.85. The van der Waals surface area contributed by atoms with Crippen molar-refractivity contribution in [1.82, 2.24) is 0 Å². The molecule has 1 rings (SSSR count). The molecule has 0 spiro atoms. The second kappa shape index (κ2) is 20.0. The number of unbranched alkanes of at least 4 members (excludes halogenated alkanes) is 14. The van der Waals surface area contributed by atoms with E-state index >= 15 is 0 Å². The summed E-state index contributed by atoms with van der Waals surface area (Å²) in [6.45, 7) is 2.27. The molecule has 166 valence electrons. The van der Waals surface area contributed by atoms with Gasteiger partial charge in [0.25, 0.3) is 0 Å². The third kappa shape index (κ3) is 16.6. The molecule has 0 saturated heterocycles. The van der Waals surface area contributed by atoms with Crippen molar-refractivity contribution in [2.75, 3.05) is 0 Å². The van der Waals surface area contributed by atoms with E-state index in [4.69, 9.17) is 0 Å². The first-order chi connectivity index (χ1) is 13.8. The number of rotatable bonds is 20. The predicted molar refractivity (Wildman–Crippen MR) is 125 cm³/mol. The topological polar surface area (TPSA) is 17.1 Å². The molecule has 1 nitrogen and oxygen atoms in total. The Morgan fingerprint density at radius 1 is 0.571 bits per heavy atom. The Balaban J connectivity index is 1.73. The van der Waals surface area contributed by atoms with Crippen LogP contribution in [0.4, 0.5) is 0 Å². The van der Waals surface area contributed by atoms with E-state index in [1.54, 1.807) is 0 Å². The quantitative estimate of drug-likeness (QED) is 0.188. The summed E-state index contributed by atoms with van der Waals surface area (Å²) < 4.78 is 0. The van der Waals surface area contributed by atoms with E-state index < -0.39 is 0 Å². The Morgan fingerprint density at radius 3 is 1.50 bits per heavy atom. The highest BCUT2D eigenvalue weighted by molar-refractivity contribution is 5.78. The summed E-state index contributed by atoms with van der Waals surface area (Å²) in [6.07, 6.45) is 32.2. The monoisotopic (exact) mass is 392 g/mol. The molecule has 1 aliphatic rings. The number of hydrogen-bond donors (Lipinski definition) is 0. The molecular weight excluding hydrogens is 340 g/mol. The second-order valence-corrected chi connectivity index (χ2v) is 9.63. The lowest BCUT2D eigenvalue weighted by Crippen LogP contribution is -2.05. The summed E-state index contributed by atoms with van der Waals surface area (Å²) >= 11 is 0. The molecule has 0 N–H and O–H groups in total. The van der Waals surface area contributed by atoms with E-state index in [0.717, 1.165) is 31.6 Å². The van der Waals surface area contributed by atoms with E-state index in [0.29, 0.717) is 5.78 Å². The summed E-state index contributed by atoms with van der Waals surface area (Å²) in [6, 6.07) is 0. The molecule has 0 aromatic heterocycles. The lowest BCUT2D eigenvalue weighted by molar-refractivity contribution is -0.119. The van der Waals surface area contributed by atoms with Crippen molar-refractivity contribution in [3.05, 3.63) is 0 Å². The van der Waals surface area contributed by atoms with Gasteiger partial charge in [-0.2, -0.15) is 0 Å². The highest BCUT2D eigenvalue weighted by Gasteiger charge is 2.12. The third-order valence-electron chi connectivity index (χ3n) is 6.85. The molecule has 0 aliphatic heterocycles. The summed E-state index contributed by atoms with van der Waals surface area (Å²) in [5, 5.41) is 0. The van der Waals surface area contributed by atoms with Crippen LogP contribution in [0.15, 0.2) is 0 Å². The third-order valence-corrected chi connectivity index (χ3v) is 6.85. The van der Waals surface area contributed by atoms with Gasteiger partial charge >= 0.3 is 0 Å². The Morgan fingerprint density at radius 2 is 1.00 bits per heavy atom. The van der Waals surface area contributed by atoms with Crippen LogP contribution in [0.1, 0.15) is 161 Å². The summed E-state index contributed by atoms with van der Waals surface area (Å²) in [7, 11) is 0. The smallest absolute Gasteiger partial charge is 0.132 e. The number of Topliss-reactive ketones (excluding diaryl/α,β-unsaturated/α-hetero) is 1. The maximum atomic E-state index is 12.0. The first kappa shape index (κ1) is 25.7. The van der Waals surface area contributed by atoms with E-state index in [1.165, 1.54) is 128 Å². The zero-order valence-corrected chi connectivity index (χ0v) is 19.5. The van der Waals surface area contributed by atoms with Gasteiger partial charge in [-0.1, -0.05) is 135 Å². The van der Waals surface area contributed by atoms with Crippen molar-refractivity contribution < 1.29 is 4.79 Å². The summed E-state index contributed by atoms with van der Waals surface area (Å²) in [5.41, 5.74) is 0. The van der Waals surface area contributed by atoms with E-state index in [2.05, 4.69) is 6.92 Å². The largest absolute Gasteiger partial charge is 0.300 e. The van der Waals surface area contributed by atoms with Crippen LogP contribution in [0.3, 0.4) is 0 Å². The molecule has 0 aromatic carbocycles. The highest BCUT2D eigenvalue weighted by atomic mass is 16.1. The van der Waals surface area contributed by atoms with Gasteiger partial charge in [0, 0.05) is 12.8 Å². The molecule has 0 aromatic rings. The molecule has 0 atom stereocenters. The minimum Gasteiger partial charge on any atom is -0.300 e. The maximum Gasteiger partial charge on any atom is 0.132 e. The van der Waals surface area contributed by atoms with Gasteiger partial charge in [0.05, 0.1) is 0 Å². The minimum absolute atomic E-state index is 0.522. The van der Waals surface area contributed by atoms with Gasteiger partial charge in [0.1, 0.15) is 5.78 Å². The van der Waals surface area contributed by atoms with Gasteiger partial charge in [-0.05, 0) is 18.8 Å². The first-order valence-electron chi connectivity index (χ1n) is 13.3. The van der Waals surface area contributed by atoms with E-state index in [1.807, 2.05) is 0 Å². The van der Waals surface area contributed by atoms with Gasteiger partial charge in [-0.3, -0.25) is 4.79 Å². The van der Waals surface area contributed by atoms with Crippen LogP contribution in [0.2, 0.25) is 0 Å². The van der Waals surface area contributed by atoms with E-state index in [-0.39, 0.29) is 0 Å². The summed E-state index contributed by atoms with van der Waals surface area (Å²) in [4.78, 5) is 12.0. The lowest BCUT2D eigenvalue weighted by Gasteiger charge is -2.21. The number of hydrogen-bond acceptors (Lipinski definition) is 1. The van der Waals surface area contributed by atoms with Crippen LogP contribution in [-0.4, -0.2) is 5.78 Å². The molecule has 0 amide bonds. The predicted octanol–water partition coefficient (Wildman–Crippen LogP) is 9.57. The molecule has 1 aliphatic carbocycles. The van der Waals surface area contributed by atoms with E-state index in [9.17, 15) is 4.79 Å². The van der Waals surface area contributed by atoms with Crippen LogP contribution >= 0.6 is 0 Å². The second-order valence-electron chi connectivity index (χ2n) is 9.63. The molecule has 28 heavy (non-hydrogen) atoms. The van der Waals surface area contributed by atoms with Crippen molar-refractivity contribution in [2.24, 2.45) is 5.92 Å². The Bertz CT molecular complexity index is 329. The van der Waals surface area contributed by atoms with Crippen LogP contribution in [-0.2, 0) is 4.79 Å². The number of ketones is 1. The number of carbonyl (C=O) groups excluding carboxylic acids is 1. The van der Waals surface area contributed by atoms with Crippen molar-refractivity contribution in [3.8, 4) is 0 Å². The number of carbonyl (C=O) groups is 1. The van der Waals surface area contributed by atoms with Crippen LogP contribution in [0, 0.1) is 5.92 Å². The van der Waals surface area contributed by atoms with Crippen LogP contribution in [0.25, 0.3) is 0 Å². The van der Waals surface area contributed by atoms with Gasteiger partial charge in [0.15, 0.2) is 0 Å². The van der Waals surface area contributed by atoms with Gasteiger partial charge < -0.3 is 0 Å². The standard InChI is InChI=1S/C27H52O/c1-2-3-4-5-6-10-13-19-24-27(28)25-20-14-11-8-7-9-12-16-21-26-22-17-15-18-23-26/h26H,2-25H2,1H3. The molecule has 1 heteroatoms. The molecule has 0 heterocycles. The zero-order chi connectivity index (χ0) is 20.1. The molecule has 0 radical (unpaired) electrons. The summed E-state index contributed by atoms with van der Waals surface area (Å²) in [5.74, 6) is 1.59. The molecule has 0 unspecified atom stereocenters. The molecule has 1 saturated carbocycles. The van der Waals surface area contributed by atoms with Crippen molar-refractivity contribution in [2.45, 2.75) is 161 Å². The average molecular weight is 393 g/mol. The Kier molecular flexibility index (Phi) is 18.3. The molecule has 1 fully saturated rings. The Hall–Kier alpha value is -0.330. The van der Waals surface area contributed by atoms with Crippen molar-refractivity contribution in [3.63, 3.8) is 0 Å². The SMILES string of the molecule is CCCCCCCCCCC(=O)CCCCCCCCCCC1CCCCC1. The van der Waals surface area contributed by atoms with Crippen LogP contribution < -0.4 is 0 Å². The normalized spacial score (nSPS) is 15.2. The fourth-order valence-corrected chi connectivity index (χ4v) is 4.87. The minimum atomic E-state index is 0.522. The van der Waals surface area contributed by atoms with Gasteiger partial charge in [-0.15, -0.1) is 0 Å². The first-order valence-corrected chi connectivity index (χ1v) is 13.3. The fraction of sp³-hybridized carbons (Fsp3) is 0.963. The Labute approximate surface area is 177 Å². The molecule has 0 bridgehead atoms.